The summed E-state index contributed by atoms with van der Waals surface area (Å²) in [6, 6.07) is 9.45. The van der Waals surface area contributed by atoms with Crippen molar-refractivity contribution in [2.45, 2.75) is 0 Å². The molecule has 0 aliphatic rings. The Morgan fingerprint density at radius 3 is 2.82 bits per heavy atom. The lowest BCUT2D eigenvalue weighted by Gasteiger charge is -1.81. The molecule has 1 heterocycles. The maximum Gasteiger partial charge on any atom is 0.179 e. The van der Waals surface area contributed by atoms with Gasteiger partial charge in [0.1, 0.15) is 5.58 Å². The minimum Gasteiger partial charge on any atom is -0.448 e. The molecule has 1 aromatic carbocycles. The molecule has 0 bridgehead atoms. The summed E-state index contributed by atoms with van der Waals surface area (Å²) < 4.78 is 5.22. The van der Waals surface area contributed by atoms with E-state index in [4.69, 9.17) is 10.8 Å². The van der Waals surface area contributed by atoms with Gasteiger partial charge in [-0.05, 0) is 18.4 Å². The Hall–Kier alpha value is -1.68. The van der Waals surface area contributed by atoms with E-state index in [1.165, 1.54) is 0 Å². The van der Waals surface area contributed by atoms with E-state index in [9.17, 15) is 0 Å². The summed E-state index contributed by atoms with van der Waals surface area (Å²) in [7, 11) is 0. The Labute approximate surface area is 64.6 Å². The zero-order chi connectivity index (χ0) is 7.68. The molecular weight excluding hydrogens is 136 g/mol. The van der Waals surface area contributed by atoms with Crippen LogP contribution in [0, 0.1) is 12.3 Å². The highest BCUT2D eigenvalue weighted by atomic mass is 16.3. The van der Waals surface area contributed by atoms with E-state index < -0.39 is 0 Å². The molecule has 11 heavy (non-hydrogen) atoms. The lowest BCUT2D eigenvalue weighted by atomic mass is 10.2. The Morgan fingerprint density at radius 2 is 2.09 bits per heavy atom. The molecule has 1 heteroatoms. The van der Waals surface area contributed by atoms with Crippen molar-refractivity contribution in [1.82, 2.24) is 0 Å². The summed E-state index contributed by atoms with van der Waals surface area (Å²) in [6.07, 6.45) is 6.83. The fourth-order valence-electron chi connectivity index (χ4n) is 1.04. The van der Waals surface area contributed by atoms with Crippen molar-refractivity contribution in [2.24, 2.45) is 0 Å². The molecule has 0 fully saturated rings. The van der Waals surface area contributed by atoms with Gasteiger partial charge in [-0.25, -0.2) is 0 Å². The van der Waals surface area contributed by atoms with Crippen LogP contribution in [0.15, 0.2) is 34.7 Å². The third kappa shape index (κ3) is 0.890. The lowest BCUT2D eigenvalue weighted by Crippen LogP contribution is -1.57. The lowest BCUT2D eigenvalue weighted by molar-refractivity contribution is 0.601. The Balaban J connectivity index is 2.81. The second-order valence-electron chi connectivity index (χ2n) is 2.27. The fraction of sp³-hybridized carbons (Fsp3) is 0. The summed E-state index contributed by atoms with van der Waals surface area (Å²) in [6.45, 7) is 0. The number of hydrogen-bond acceptors (Lipinski definition) is 1. The zero-order valence-corrected chi connectivity index (χ0v) is 5.79. The fourth-order valence-corrected chi connectivity index (χ4v) is 1.04. The van der Waals surface area contributed by atoms with Gasteiger partial charge in [0.25, 0.3) is 0 Å². The molecule has 0 saturated heterocycles. The maximum atomic E-state index is 6.83. The van der Waals surface area contributed by atoms with E-state index in [1.54, 1.807) is 6.07 Å². The largest absolute Gasteiger partial charge is 0.448 e. The average Bonchev–Trinajstić information content (AvgIpc) is 2.46. The molecule has 1 nitrogen and oxygen atoms in total. The van der Waals surface area contributed by atoms with Gasteiger partial charge in [-0.2, -0.15) is 0 Å². The van der Waals surface area contributed by atoms with Crippen molar-refractivity contribution >= 4 is 11.0 Å². The van der Waals surface area contributed by atoms with Crippen LogP contribution in [-0.2, 0) is 0 Å². The molecule has 0 spiro atoms. The molecule has 2 rings (SSSR count). The van der Waals surface area contributed by atoms with Gasteiger partial charge in [0.05, 0.1) is 0 Å². The standard InChI is InChI=1S/C10H5O/c1-2-9-7-8-5-3-4-6-10(8)11-9/h3-7H. The van der Waals surface area contributed by atoms with Crippen molar-refractivity contribution in [3.8, 4) is 5.92 Å². The molecule has 1 radical (unpaired) electrons. The van der Waals surface area contributed by atoms with Gasteiger partial charge in [0.2, 0.25) is 0 Å². The van der Waals surface area contributed by atoms with Crippen LogP contribution in [0.2, 0.25) is 0 Å². The van der Waals surface area contributed by atoms with Crippen LogP contribution in [-0.4, -0.2) is 0 Å². The molecular formula is C10H5O. The molecule has 0 N–H and O–H groups in total. The van der Waals surface area contributed by atoms with Crippen LogP contribution in [0.1, 0.15) is 5.76 Å². The van der Waals surface area contributed by atoms with Gasteiger partial charge in [0, 0.05) is 11.5 Å². The van der Waals surface area contributed by atoms with Crippen molar-refractivity contribution in [1.29, 1.82) is 0 Å². The molecule has 2 aromatic rings. The minimum atomic E-state index is 0.478. The van der Waals surface area contributed by atoms with E-state index >= 15 is 0 Å². The SMILES string of the molecule is [C]#Cc1cc2ccccc2o1. The van der Waals surface area contributed by atoms with Gasteiger partial charge in [-0.1, -0.05) is 18.2 Å². The van der Waals surface area contributed by atoms with Crippen LogP contribution in [0.4, 0.5) is 0 Å². The summed E-state index contributed by atoms with van der Waals surface area (Å²) in [4.78, 5) is 0. The Morgan fingerprint density at radius 1 is 1.27 bits per heavy atom. The van der Waals surface area contributed by atoms with Gasteiger partial charge in [0.15, 0.2) is 5.76 Å². The number of rotatable bonds is 0. The van der Waals surface area contributed by atoms with Crippen LogP contribution in [0.5, 0.6) is 0 Å². The second-order valence-corrected chi connectivity index (χ2v) is 2.27. The van der Waals surface area contributed by atoms with Gasteiger partial charge >= 0.3 is 0 Å². The third-order valence-corrected chi connectivity index (χ3v) is 1.55. The second kappa shape index (κ2) is 2.17. The van der Waals surface area contributed by atoms with Crippen LogP contribution in [0.3, 0.4) is 0 Å². The smallest absolute Gasteiger partial charge is 0.179 e. The molecule has 51 valence electrons. The summed E-state index contributed by atoms with van der Waals surface area (Å²) >= 11 is 0. The summed E-state index contributed by atoms with van der Waals surface area (Å²) in [5, 5.41) is 1.02. The van der Waals surface area contributed by atoms with E-state index in [2.05, 4.69) is 5.92 Å². The topological polar surface area (TPSA) is 13.1 Å². The predicted octanol–water partition coefficient (Wildman–Crippen LogP) is 2.37. The Kier molecular flexibility index (Phi) is 1.20. The van der Waals surface area contributed by atoms with E-state index in [1.807, 2.05) is 24.3 Å². The van der Waals surface area contributed by atoms with Crippen molar-refractivity contribution in [3.05, 3.63) is 42.5 Å². The molecule has 0 aliphatic carbocycles. The first kappa shape index (κ1) is 6.06. The van der Waals surface area contributed by atoms with Crippen molar-refractivity contribution < 1.29 is 4.42 Å². The molecule has 0 atom stereocenters. The zero-order valence-electron chi connectivity index (χ0n) is 5.79. The van der Waals surface area contributed by atoms with E-state index in [0.29, 0.717) is 5.76 Å². The molecule has 0 aliphatic heterocycles. The first-order chi connectivity index (χ1) is 5.40. The molecule has 1 aromatic heterocycles. The maximum absolute atomic E-state index is 6.83. The van der Waals surface area contributed by atoms with Gasteiger partial charge in [-0.15, -0.1) is 0 Å². The van der Waals surface area contributed by atoms with Crippen LogP contribution in [0.25, 0.3) is 11.0 Å². The number of hydrogen-bond donors (Lipinski definition) is 0. The third-order valence-electron chi connectivity index (χ3n) is 1.55. The Bertz CT molecular complexity index is 385. The normalized spacial score (nSPS) is 9.73. The van der Waals surface area contributed by atoms with Gasteiger partial charge < -0.3 is 4.42 Å². The molecule has 0 amide bonds. The van der Waals surface area contributed by atoms with E-state index in [-0.39, 0.29) is 0 Å². The monoisotopic (exact) mass is 141 g/mol. The number of furan rings is 1. The number of fused-ring (bicyclic) bond motifs is 1. The van der Waals surface area contributed by atoms with E-state index in [0.717, 1.165) is 11.0 Å². The summed E-state index contributed by atoms with van der Waals surface area (Å²) in [5.41, 5.74) is 0.808. The highest BCUT2D eigenvalue weighted by Crippen LogP contribution is 2.17. The highest BCUT2D eigenvalue weighted by molar-refractivity contribution is 5.78. The van der Waals surface area contributed by atoms with Gasteiger partial charge in [-0.3, -0.25) is 0 Å². The average molecular weight is 141 g/mol. The van der Waals surface area contributed by atoms with Crippen LogP contribution >= 0.6 is 0 Å². The van der Waals surface area contributed by atoms with Crippen molar-refractivity contribution in [3.63, 3.8) is 0 Å². The van der Waals surface area contributed by atoms with Crippen LogP contribution < -0.4 is 0 Å². The number of benzene rings is 1. The number of para-hydroxylation sites is 1. The first-order valence-corrected chi connectivity index (χ1v) is 3.31. The first-order valence-electron chi connectivity index (χ1n) is 3.31. The highest BCUT2D eigenvalue weighted by Gasteiger charge is 1.97. The quantitative estimate of drug-likeness (QED) is 0.513. The minimum absolute atomic E-state index is 0.478. The summed E-state index contributed by atoms with van der Waals surface area (Å²) in [5.74, 6) is 2.68. The molecule has 0 saturated carbocycles. The predicted molar refractivity (Wildman–Crippen MR) is 42.4 cm³/mol. The van der Waals surface area contributed by atoms with Crippen molar-refractivity contribution in [2.75, 3.05) is 0 Å². The molecule has 0 unspecified atom stereocenters.